The lowest BCUT2D eigenvalue weighted by Crippen LogP contribution is -2.21. The Morgan fingerprint density at radius 1 is 1.08 bits per heavy atom. The summed E-state index contributed by atoms with van der Waals surface area (Å²) in [5.74, 6) is 0. The van der Waals surface area contributed by atoms with Gasteiger partial charge in [0.2, 0.25) is 0 Å². The van der Waals surface area contributed by atoms with Gasteiger partial charge in [-0.3, -0.25) is 0 Å². The predicted molar refractivity (Wildman–Crippen MR) is 48.1 cm³/mol. The molecule has 6 heteroatoms. The Labute approximate surface area is 77.6 Å². The number of hydrogen-bond acceptors (Lipinski definition) is 2. The highest BCUT2D eigenvalue weighted by Gasteiger charge is 2.27. The van der Waals surface area contributed by atoms with Crippen LogP contribution in [0, 0.1) is 0 Å². The fraction of sp³-hybridized carbons (Fsp3) is 1.00. The lowest BCUT2D eigenvalue weighted by atomic mass is 10.2. The van der Waals surface area contributed by atoms with Gasteiger partial charge in [-0.05, 0) is 38.8 Å². The predicted octanol–water partition coefficient (Wildman–Crippen LogP) is 0.316. The van der Waals surface area contributed by atoms with Crippen LogP contribution >= 0.6 is 7.82 Å². The number of rotatable bonds is 0. The number of hydrogen-bond donors (Lipinski definition) is 3. The molecule has 2 rings (SSSR count). The van der Waals surface area contributed by atoms with Gasteiger partial charge in [0.05, 0.1) is 0 Å². The van der Waals surface area contributed by atoms with Crippen molar-refractivity contribution in [2.75, 3.05) is 13.1 Å². The summed E-state index contributed by atoms with van der Waals surface area (Å²) in [5.41, 5.74) is 0. The third kappa shape index (κ3) is 4.74. The van der Waals surface area contributed by atoms with Crippen LogP contribution in [0.1, 0.15) is 25.7 Å². The van der Waals surface area contributed by atoms with Gasteiger partial charge in [0, 0.05) is 6.04 Å². The van der Waals surface area contributed by atoms with Gasteiger partial charge >= 0.3 is 7.82 Å². The summed E-state index contributed by atoms with van der Waals surface area (Å²) >= 11 is 0. The minimum absolute atomic E-state index is 1.01. The van der Waals surface area contributed by atoms with E-state index in [0.717, 1.165) is 6.04 Å². The lowest BCUT2D eigenvalue weighted by Gasteiger charge is -2.11. The summed E-state index contributed by atoms with van der Waals surface area (Å²) in [6.07, 6.45) is 5.90. The monoisotopic (exact) mass is 209 g/mol. The molecule has 13 heavy (non-hydrogen) atoms. The van der Waals surface area contributed by atoms with E-state index in [1.54, 1.807) is 0 Å². The average molecular weight is 209 g/mol. The third-order valence-corrected chi connectivity index (χ3v) is 2.48. The van der Waals surface area contributed by atoms with Crippen molar-refractivity contribution in [2.24, 2.45) is 0 Å². The topological polar surface area (TPSA) is 81.0 Å². The smallest absolute Gasteiger partial charge is 0.303 e. The summed E-state index contributed by atoms with van der Waals surface area (Å²) in [6, 6.07) is 1.01. The van der Waals surface area contributed by atoms with Crippen molar-refractivity contribution in [1.82, 2.24) is 4.90 Å². The van der Waals surface area contributed by atoms with E-state index in [1.165, 1.54) is 38.8 Å². The van der Waals surface area contributed by atoms with Gasteiger partial charge in [0.1, 0.15) is 0 Å². The molecule has 0 aromatic carbocycles. The molecule has 2 fully saturated rings. The van der Waals surface area contributed by atoms with Crippen LogP contribution in [-0.4, -0.2) is 38.7 Å². The van der Waals surface area contributed by atoms with E-state index < -0.39 is 7.82 Å². The Bertz CT molecular complexity index is 176. The van der Waals surface area contributed by atoms with E-state index >= 15 is 0 Å². The minimum Gasteiger partial charge on any atom is -0.303 e. The van der Waals surface area contributed by atoms with Gasteiger partial charge in [0.15, 0.2) is 0 Å². The number of fused-ring (bicyclic) bond motifs is 1. The first-order valence-electron chi connectivity index (χ1n) is 4.49. The van der Waals surface area contributed by atoms with E-state index in [1.807, 2.05) is 0 Å². The molecule has 0 spiro atoms. The maximum atomic E-state index is 8.88. The van der Waals surface area contributed by atoms with Gasteiger partial charge in [-0.25, -0.2) is 4.57 Å². The van der Waals surface area contributed by atoms with Crippen molar-refractivity contribution in [1.29, 1.82) is 0 Å². The normalized spacial score (nSPS) is 23.9. The van der Waals surface area contributed by atoms with E-state index in [2.05, 4.69) is 4.90 Å². The van der Waals surface area contributed by atoms with Gasteiger partial charge in [-0.15, -0.1) is 0 Å². The summed E-state index contributed by atoms with van der Waals surface area (Å²) in [7, 11) is -4.64. The maximum absolute atomic E-state index is 8.88. The van der Waals surface area contributed by atoms with Crippen LogP contribution in [0.15, 0.2) is 0 Å². The van der Waals surface area contributed by atoms with E-state index in [9.17, 15) is 0 Å². The largest absolute Gasteiger partial charge is 0.466 e. The zero-order chi connectivity index (χ0) is 9.90. The molecule has 0 unspecified atom stereocenters. The molecule has 0 atom stereocenters. The molecule has 0 aromatic heterocycles. The highest BCUT2D eigenvalue weighted by Crippen LogP contribution is 2.26. The molecule has 0 radical (unpaired) electrons. The van der Waals surface area contributed by atoms with E-state index in [0.29, 0.717) is 0 Å². The first-order valence-corrected chi connectivity index (χ1v) is 6.05. The molecular weight excluding hydrogens is 193 g/mol. The summed E-state index contributed by atoms with van der Waals surface area (Å²) in [4.78, 5) is 24.2. The van der Waals surface area contributed by atoms with E-state index in [-0.39, 0.29) is 0 Å². The second kappa shape index (κ2) is 4.53. The molecule has 3 N–H and O–H groups in total. The molecule has 0 amide bonds. The zero-order valence-corrected chi connectivity index (χ0v) is 8.36. The van der Waals surface area contributed by atoms with Gasteiger partial charge in [0.25, 0.3) is 0 Å². The standard InChI is InChI=1S/C7H13N.H3O4P/c1-3-7-4-2-6-8(7)5-1;1-5(2,3)4/h7H,1-6H2;(H3,1,2,3,4). The Balaban J connectivity index is 0.000000149. The highest BCUT2D eigenvalue weighted by atomic mass is 31.2. The van der Waals surface area contributed by atoms with Crippen molar-refractivity contribution >= 4 is 7.82 Å². The Kier molecular flexibility index (Phi) is 3.88. The maximum Gasteiger partial charge on any atom is 0.466 e. The van der Waals surface area contributed by atoms with Crippen LogP contribution in [0.5, 0.6) is 0 Å². The van der Waals surface area contributed by atoms with Crippen LogP contribution in [0.25, 0.3) is 0 Å². The van der Waals surface area contributed by atoms with Crippen molar-refractivity contribution in [3.05, 3.63) is 0 Å². The second-order valence-electron chi connectivity index (χ2n) is 3.49. The van der Waals surface area contributed by atoms with Crippen LogP contribution in [-0.2, 0) is 4.57 Å². The van der Waals surface area contributed by atoms with Crippen LogP contribution < -0.4 is 0 Å². The number of nitrogens with zero attached hydrogens (tertiary/aromatic N) is 1. The molecule has 2 heterocycles. The van der Waals surface area contributed by atoms with Gasteiger partial charge in [-0.1, -0.05) is 0 Å². The molecule has 0 saturated carbocycles. The molecule has 0 bridgehead atoms. The first kappa shape index (κ1) is 11.1. The molecule has 2 aliphatic rings. The molecular formula is C7H16NO4P. The molecule has 2 aliphatic heterocycles. The van der Waals surface area contributed by atoms with Crippen molar-refractivity contribution in [3.8, 4) is 0 Å². The molecule has 0 aromatic rings. The van der Waals surface area contributed by atoms with Crippen molar-refractivity contribution in [3.63, 3.8) is 0 Å². The number of phosphoric acid groups is 1. The minimum atomic E-state index is -4.64. The summed E-state index contributed by atoms with van der Waals surface area (Å²) in [6.45, 7) is 2.79. The lowest BCUT2D eigenvalue weighted by molar-refractivity contribution is 0.275. The van der Waals surface area contributed by atoms with E-state index in [4.69, 9.17) is 19.2 Å². The highest BCUT2D eigenvalue weighted by molar-refractivity contribution is 7.45. The Hall–Kier alpha value is 0.0700. The van der Waals surface area contributed by atoms with Gasteiger partial charge in [-0.2, -0.15) is 0 Å². The summed E-state index contributed by atoms with van der Waals surface area (Å²) in [5, 5.41) is 0. The van der Waals surface area contributed by atoms with Crippen LogP contribution in [0.2, 0.25) is 0 Å². The fourth-order valence-electron chi connectivity index (χ4n) is 2.05. The first-order chi connectivity index (χ1) is 5.97. The Morgan fingerprint density at radius 3 is 1.77 bits per heavy atom. The fourth-order valence-corrected chi connectivity index (χ4v) is 2.05. The third-order valence-electron chi connectivity index (χ3n) is 2.48. The molecule has 0 aliphatic carbocycles. The zero-order valence-electron chi connectivity index (χ0n) is 7.46. The SMILES string of the molecule is C1CC2CCCN2C1.O=P(O)(O)O. The van der Waals surface area contributed by atoms with Crippen LogP contribution in [0.3, 0.4) is 0 Å². The molecule has 78 valence electrons. The van der Waals surface area contributed by atoms with Crippen molar-refractivity contribution < 1.29 is 19.2 Å². The molecule has 2 saturated heterocycles. The Morgan fingerprint density at radius 2 is 1.46 bits per heavy atom. The van der Waals surface area contributed by atoms with Crippen LogP contribution in [0.4, 0.5) is 0 Å². The van der Waals surface area contributed by atoms with Crippen molar-refractivity contribution in [2.45, 2.75) is 31.7 Å². The second-order valence-corrected chi connectivity index (χ2v) is 4.51. The van der Waals surface area contributed by atoms with Gasteiger partial charge < -0.3 is 19.6 Å². The molecule has 5 nitrogen and oxygen atoms in total. The quantitative estimate of drug-likeness (QED) is 0.500. The summed E-state index contributed by atoms with van der Waals surface area (Å²) < 4.78 is 8.88. The average Bonchev–Trinajstić information content (AvgIpc) is 2.36.